The molecular formula is C7H6O3S. The molecular weight excluding hydrogens is 164 g/mol. The highest BCUT2D eigenvalue weighted by molar-refractivity contribution is 7.90. The van der Waals surface area contributed by atoms with E-state index in [-0.39, 0.29) is 4.91 Å². The van der Waals surface area contributed by atoms with E-state index in [0.717, 1.165) is 5.57 Å². The van der Waals surface area contributed by atoms with Gasteiger partial charge in [0.05, 0.1) is 4.91 Å². The lowest BCUT2D eigenvalue weighted by molar-refractivity contribution is 0.492. The second-order valence-electron chi connectivity index (χ2n) is 2.59. The fourth-order valence-corrected chi connectivity index (χ4v) is 2.09. The van der Waals surface area contributed by atoms with Crippen LogP contribution in [0, 0.1) is 0 Å². The zero-order valence-corrected chi connectivity index (χ0v) is 6.43. The molecule has 4 heteroatoms. The molecule has 2 rings (SSSR count). The van der Waals surface area contributed by atoms with Gasteiger partial charge in [0.1, 0.15) is 0 Å². The summed E-state index contributed by atoms with van der Waals surface area (Å²) in [6.07, 6.45) is 5.72. The third-order valence-corrected chi connectivity index (χ3v) is 2.74. The maximum absolute atomic E-state index is 10.6. The van der Waals surface area contributed by atoms with E-state index in [9.17, 15) is 8.42 Å². The fraction of sp³-hybridized carbons (Fsp3) is 0.143. The Balaban J connectivity index is 2.63. The molecule has 2 aliphatic rings. The highest BCUT2D eigenvalue weighted by atomic mass is 32.2. The van der Waals surface area contributed by atoms with Crippen LogP contribution in [0.3, 0.4) is 0 Å². The molecule has 0 saturated carbocycles. The van der Waals surface area contributed by atoms with Gasteiger partial charge in [-0.15, -0.1) is 0 Å². The van der Waals surface area contributed by atoms with Gasteiger partial charge in [-0.05, 0) is 23.6 Å². The number of hydrogen-bond acceptors (Lipinski definition) is 2. The Morgan fingerprint density at radius 1 is 1.36 bits per heavy atom. The predicted octanol–water partition coefficient (Wildman–Crippen LogP) is 1.03. The van der Waals surface area contributed by atoms with Crippen molar-refractivity contribution in [2.75, 3.05) is 0 Å². The Bertz CT molecular complexity index is 395. The molecule has 2 bridgehead atoms. The molecule has 58 valence electrons. The minimum atomic E-state index is -3.98. The van der Waals surface area contributed by atoms with Crippen molar-refractivity contribution in [1.29, 1.82) is 0 Å². The summed E-state index contributed by atoms with van der Waals surface area (Å²) in [4.78, 5) is 0.0648. The van der Waals surface area contributed by atoms with Crippen molar-refractivity contribution in [2.45, 2.75) is 6.42 Å². The first-order valence-electron chi connectivity index (χ1n) is 3.17. The summed E-state index contributed by atoms with van der Waals surface area (Å²) in [6, 6.07) is 0. The van der Waals surface area contributed by atoms with E-state index in [2.05, 4.69) is 0 Å². The summed E-state index contributed by atoms with van der Waals surface area (Å²) in [5.74, 6) is 0. The van der Waals surface area contributed by atoms with Gasteiger partial charge in [0, 0.05) is 0 Å². The van der Waals surface area contributed by atoms with Crippen LogP contribution in [0.1, 0.15) is 6.42 Å². The van der Waals surface area contributed by atoms with E-state index in [1.165, 1.54) is 6.08 Å². The lowest BCUT2D eigenvalue weighted by Gasteiger charge is -1.96. The van der Waals surface area contributed by atoms with Gasteiger partial charge < -0.3 is 0 Å². The maximum Gasteiger partial charge on any atom is 0.294 e. The number of rotatable bonds is 1. The Labute approximate surface area is 64.5 Å². The van der Waals surface area contributed by atoms with E-state index in [0.29, 0.717) is 12.0 Å². The van der Waals surface area contributed by atoms with Crippen LogP contribution in [-0.2, 0) is 10.1 Å². The summed E-state index contributed by atoms with van der Waals surface area (Å²) in [5.41, 5.74) is 1.65. The highest BCUT2D eigenvalue weighted by Gasteiger charge is 2.25. The van der Waals surface area contributed by atoms with Crippen molar-refractivity contribution < 1.29 is 13.0 Å². The molecule has 0 spiro atoms. The van der Waals surface area contributed by atoms with Crippen LogP contribution in [0.4, 0.5) is 0 Å². The normalized spacial score (nSPS) is 21.4. The first kappa shape index (κ1) is 6.82. The summed E-state index contributed by atoms with van der Waals surface area (Å²) in [6.45, 7) is 0. The second kappa shape index (κ2) is 1.84. The van der Waals surface area contributed by atoms with E-state index in [1.807, 2.05) is 6.08 Å². The fourth-order valence-electron chi connectivity index (χ4n) is 1.31. The van der Waals surface area contributed by atoms with Gasteiger partial charge in [0.25, 0.3) is 10.1 Å². The highest BCUT2D eigenvalue weighted by Crippen LogP contribution is 2.35. The first-order chi connectivity index (χ1) is 5.07. The average Bonchev–Trinajstić information content (AvgIpc) is 2.42. The maximum atomic E-state index is 10.6. The molecule has 0 atom stereocenters. The molecule has 11 heavy (non-hydrogen) atoms. The lowest BCUT2D eigenvalue weighted by Crippen LogP contribution is -2.00. The molecule has 0 saturated heterocycles. The van der Waals surface area contributed by atoms with Gasteiger partial charge in [0.2, 0.25) is 0 Å². The molecule has 0 amide bonds. The molecule has 0 aromatic heterocycles. The molecule has 0 aromatic rings. The van der Waals surface area contributed by atoms with Crippen molar-refractivity contribution >= 4 is 10.1 Å². The molecule has 3 nitrogen and oxygen atoms in total. The van der Waals surface area contributed by atoms with Crippen LogP contribution in [0.15, 0.2) is 34.3 Å². The lowest BCUT2D eigenvalue weighted by atomic mass is 10.3. The van der Waals surface area contributed by atoms with Crippen molar-refractivity contribution in [3.63, 3.8) is 0 Å². The predicted molar refractivity (Wildman–Crippen MR) is 40.4 cm³/mol. The van der Waals surface area contributed by atoms with Crippen LogP contribution < -0.4 is 0 Å². The standard InChI is InChI=1S/C7H6O3S/c8-11(9,10)7-4-5-1-2-6(7)3-5/h1-2,4H,3H2,(H,8,9,10). The van der Waals surface area contributed by atoms with E-state index < -0.39 is 10.1 Å². The minimum absolute atomic E-state index is 0.0648. The van der Waals surface area contributed by atoms with Crippen molar-refractivity contribution in [1.82, 2.24) is 0 Å². The van der Waals surface area contributed by atoms with E-state index in [4.69, 9.17) is 4.55 Å². The largest absolute Gasteiger partial charge is 0.294 e. The van der Waals surface area contributed by atoms with Gasteiger partial charge in [0.15, 0.2) is 0 Å². The third-order valence-electron chi connectivity index (χ3n) is 1.80. The van der Waals surface area contributed by atoms with Crippen molar-refractivity contribution in [2.24, 2.45) is 0 Å². The van der Waals surface area contributed by atoms with E-state index >= 15 is 0 Å². The molecule has 1 N–H and O–H groups in total. The van der Waals surface area contributed by atoms with Crippen LogP contribution in [0.5, 0.6) is 0 Å². The minimum Gasteiger partial charge on any atom is -0.282 e. The Morgan fingerprint density at radius 2 is 2.09 bits per heavy atom. The van der Waals surface area contributed by atoms with Gasteiger partial charge in [-0.2, -0.15) is 8.42 Å². The summed E-state index contributed by atoms with van der Waals surface area (Å²) >= 11 is 0. The van der Waals surface area contributed by atoms with Crippen molar-refractivity contribution in [3.8, 4) is 0 Å². The van der Waals surface area contributed by atoms with Gasteiger partial charge in [-0.25, -0.2) is 0 Å². The number of fused-ring (bicyclic) bond motifs is 2. The summed E-state index contributed by atoms with van der Waals surface area (Å²) < 4.78 is 30.0. The third kappa shape index (κ3) is 0.948. The first-order valence-corrected chi connectivity index (χ1v) is 4.61. The van der Waals surface area contributed by atoms with Gasteiger partial charge >= 0.3 is 0 Å². The zero-order valence-electron chi connectivity index (χ0n) is 5.61. The SMILES string of the molecule is O=S(=O)(O)C1=C2C=CC(=C1)C2. The van der Waals surface area contributed by atoms with Crippen LogP contribution in [0.25, 0.3) is 0 Å². The average molecular weight is 170 g/mol. The quantitative estimate of drug-likeness (QED) is 0.598. The smallest absolute Gasteiger partial charge is 0.282 e. The Morgan fingerprint density at radius 3 is 2.36 bits per heavy atom. The Kier molecular flexibility index (Phi) is 1.14. The molecule has 0 fully saturated rings. The Hall–Kier alpha value is -0.870. The zero-order chi connectivity index (χ0) is 8.06. The molecule has 0 heterocycles. The molecule has 0 aromatic carbocycles. The van der Waals surface area contributed by atoms with Crippen LogP contribution in [-0.4, -0.2) is 13.0 Å². The second-order valence-corrected chi connectivity index (χ2v) is 3.98. The molecule has 0 radical (unpaired) electrons. The monoisotopic (exact) mass is 170 g/mol. The van der Waals surface area contributed by atoms with Gasteiger partial charge in [-0.1, -0.05) is 12.2 Å². The van der Waals surface area contributed by atoms with Crippen LogP contribution in [0.2, 0.25) is 0 Å². The van der Waals surface area contributed by atoms with E-state index in [1.54, 1.807) is 6.08 Å². The van der Waals surface area contributed by atoms with Crippen molar-refractivity contribution in [3.05, 3.63) is 34.3 Å². The van der Waals surface area contributed by atoms with Gasteiger partial charge in [-0.3, -0.25) is 4.55 Å². The molecule has 0 aliphatic heterocycles. The summed E-state index contributed by atoms with van der Waals surface area (Å²) in [5, 5.41) is 0. The summed E-state index contributed by atoms with van der Waals surface area (Å²) in [7, 11) is -3.98. The number of allylic oxidation sites excluding steroid dienone is 5. The molecule has 0 unspecified atom stereocenters. The van der Waals surface area contributed by atoms with Crippen LogP contribution >= 0.6 is 0 Å². The molecule has 2 aliphatic carbocycles. The number of hydrogen-bond donors (Lipinski definition) is 1. The topological polar surface area (TPSA) is 54.4 Å².